The summed E-state index contributed by atoms with van der Waals surface area (Å²) in [5.74, 6) is 0.261. The quantitative estimate of drug-likeness (QED) is 0.865. The van der Waals surface area contributed by atoms with E-state index in [-0.39, 0.29) is 6.79 Å². The van der Waals surface area contributed by atoms with Crippen molar-refractivity contribution in [1.29, 1.82) is 0 Å². The van der Waals surface area contributed by atoms with Crippen LogP contribution in [0.15, 0.2) is 36.4 Å². The molecule has 0 aromatic heterocycles. The van der Waals surface area contributed by atoms with E-state index in [0.717, 1.165) is 11.1 Å². The predicted molar refractivity (Wildman–Crippen MR) is 92.0 cm³/mol. The number of carbonyl (C=O) groups excluding carboxylic acids is 2. The first-order valence-corrected chi connectivity index (χ1v) is 7.93. The average Bonchev–Trinajstić information content (AvgIpc) is 3.04. The van der Waals surface area contributed by atoms with Crippen LogP contribution in [-0.4, -0.2) is 24.8 Å². The number of nitrogens with one attached hydrogen (secondary N) is 1. The van der Waals surface area contributed by atoms with Crippen molar-refractivity contribution in [1.82, 2.24) is 0 Å². The fourth-order valence-corrected chi connectivity index (χ4v) is 2.47. The van der Waals surface area contributed by atoms with Crippen LogP contribution in [0.5, 0.6) is 11.5 Å². The van der Waals surface area contributed by atoms with E-state index in [1.54, 1.807) is 30.3 Å². The van der Waals surface area contributed by atoms with Crippen LogP contribution in [0.3, 0.4) is 0 Å². The van der Waals surface area contributed by atoms with E-state index in [2.05, 4.69) is 5.32 Å². The molecular formula is C19H19NO5. The summed E-state index contributed by atoms with van der Waals surface area (Å²) >= 11 is 0. The van der Waals surface area contributed by atoms with E-state index in [0.29, 0.717) is 22.7 Å². The molecule has 1 heterocycles. The molecule has 3 rings (SSSR count). The van der Waals surface area contributed by atoms with Gasteiger partial charge in [0, 0.05) is 11.8 Å². The highest BCUT2D eigenvalue weighted by atomic mass is 16.7. The lowest BCUT2D eigenvalue weighted by atomic mass is 10.0. The van der Waals surface area contributed by atoms with Gasteiger partial charge in [-0.2, -0.15) is 0 Å². The third kappa shape index (κ3) is 3.57. The Kier molecular flexibility index (Phi) is 4.61. The van der Waals surface area contributed by atoms with Gasteiger partial charge in [0.05, 0.1) is 5.56 Å². The molecule has 0 saturated carbocycles. The summed E-state index contributed by atoms with van der Waals surface area (Å²) in [4.78, 5) is 24.6. The van der Waals surface area contributed by atoms with Gasteiger partial charge in [0.25, 0.3) is 5.91 Å². The predicted octanol–water partition coefficient (Wildman–Crippen LogP) is 3.22. The highest BCUT2D eigenvalue weighted by molar-refractivity contribution is 5.98. The number of hydrogen-bond donors (Lipinski definition) is 1. The molecule has 2 aromatic carbocycles. The van der Waals surface area contributed by atoms with Crippen molar-refractivity contribution < 1.29 is 23.8 Å². The molecule has 1 aliphatic rings. The van der Waals surface area contributed by atoms with Crippen molar-refractivity contribution >= 4 is 17.6 Å². The molecule has 0 aliphatic carbocycles. The normalized spacial score (nSPS) is 13.2. The molecule has 0 radical (unpaired) electrons. The van der Waals surface area contributed by atoms with Crippen molar-refractivity contribution in [2.24, 2.45) is 0 Å². The molecule has 0 fully saturated rings. The summed E-state index contributed by atoms with van der Waals surface area (Å²) in [5, 5.41) is 2.70. The monoisotopic (exact) mass is 341 g/mol. The molecule has 1 amide bonds. The van der Waals surface area contributed by atoms with Crippen LogP contribution < -0.4 is 14.8 Å². The Hall–Kier alpha value is -3.02. The Morgan fingerprint density at radius 3 is 2.68 bits per heavy atom. The summed E-state index contributed by atoms with van der Waals surface area (Å²) in [5.41, 5.74) is 2.84. The van der Waals surface area contributed by atoms with E-state index in [1.165, 1.54) is 6.92 Å². The number of carbonyl (C=O) groups is 2. The van der Waals surface area contributed by atoms with Crippen LogP contribution in [-0.2, 0) is 9.53 Å². The first-order valence-electron chi connectivity index (χ1n) is 7.93. The lowest BCUT2D eigenvalue weighted by Gasteiger charge is -2.15. The molecule has 0 saturated heterocycles. The van der Waals surface area contributed by atoms with Crippen LogP contribution in [0.2, 0.25) is 0 Å². The number of aryl methyl sites for hydroxylation is 1. The maximum atomic E-state index is 12.3. The smallest absolute Gasteiger partial charge is 0.339 e. The third-order valence-corrected chi connectivity index (χ3v) is 4.12. The van der Waals surface area contributed by atoms with Gasteiger partial charge in [0.1, 0.15) is 0 Å². The summed E-state index contributed by atoms with van der Waals surface area (Å²) in [7, 11) is 0. The number of benzene rings is 2. The molecule has 130 valence electrons. The number of fused-ring (bicyclic) bond motifs is 1. The molecule has 1 atom stereocenters. The second-order valence-electron chi connectivity index (χ2n) is 5.85. The zero-order chi connectivity index (χ0) is 18.0. The molecule has 0 bridgehead atoms. The number of ether oxygens (including phenoxy) is 3. The summed E-state index contributed by atoms with van der Waals surface area (Å²) < 4.78 is 15.8. The molecule has 2 aromatic rings. The summed E-state index contributed by atoms with van der Waals surface area (Å²) in [6.07, 6.45) is -0.933. The molecule has 0 spiro atoms. The molecule has 6 heteroatoms. The number of rotatable bonds is 4. The Morgan fingerprint density at radius 2 is 1.88 bits per heavy atom. The van der Waals surface area contributed by atoms with Gasteiger partial charge < -0.3 is 19.5 Å². The molecule has 6 nitrogen and oxygen atoms in total. The van der Waals surface area contributed by atoms with Crippen LogP contribution in [0.1, 0.15) is 28.4 Å². The van der Waals surface area contributed by atoms with E-state index in [1.807, 2.05) is 19.9 Å². The SMILES string of the molecule is Cc1cccc(C(=O)OC(C)C(=O)Nc2ccc3c(c2)OCO3)c1C. The van der Waals surface area contributed by atoms with Crippen LogP contribution in [0.4, 0.5) is 5.69 Å². The minimum absolute atomic E-state index is 0.163. The van der Waals surface area contributed by atoms with Crippen LogP contribution in [0.25, 0.3) is 0 Å². The third-order valence-electron chi connectivity index (χ3n) is 4.12. The standard InChI is InChI=1S/C19H19NO5/c1-11-5-4-6-15(12(11)2)19(22)25-13(3)18(21)20-14-7-8-16-17(9-14)24-10-23-16/h4-9,13H,10H2,1-3H3,(H,20,21). The maximum Gasteiger partial charge on any atom is 0.339 e. The second-order valence-corrected chi connectivity index (χ2v) is 5.85. The van der Waals surface area contributed by atoms with Gasteiger partial charge in [0.15, 0.2) is 17.6 Å². The lowest BCUT2D eigenvalue weighted by molar-refractivity contribution is -0.123. The molecule has 1 N–H and O–H groups in total. The van der Waals surface area contributed by atoms with Crippen molar-refractivity contribution in [3.05, 3.63) is 53.1 Å². The van der Waals surface area contributed by atoms with Crippen molar-refractivity contribution in [3.63, 3.8) is 0 Å². The second kappa shape index (κ2) is 6.84. The van der Waals surface area contributed by atoms with Crippen molar-refractivity contribution in [2.45, 2.75) is 26.9 Å². The van der Waals surface area contributed by atoms with Gasteiger partial charge >= 0.3 is 5.97 Å². The van der Waals surface area contributed by atoms with E-state index >= 15 is 0 Å². The lowest BCUT2D eigenvalue weighted by Crippen LogP contribution is -2.30. The summed E-state index contributed by atoms with van der Waals surface area (Å²) in [6.45, 7) is 5.47. The Balaban J connectivity index is 1.64. The minimum atomic E-state index is -0.933. The fraction of sp³-hybridized carbons (Fsp3) is 0.263. The van der Waals surface area contributed by atoms with Gasteiger partial charge in [-0.05, 0) is 50.1 Å². The van der Waals surface area contributed by atoms with Gasteiger partial charge in [-0.3, -0.25) is 4.79 Å². The summed E-state index contributed by atoms with van der Waals surface area (Å²) in [6, 6.07) is 10.5. The number of amides is 1. The topological polar surface area (TPSA) is 73.9 Å². The van der Waals surface area contributed by atoms with Gasteiger partial charge in [-0.1, -0.05) is 12.1 Å². The highest BCUT2D eigenvalue weighted by Crippen LogP contribution is 2.34. The van der Waals surface area contributed by atoms with E-state index in [9.17, 15) is 9.59 Å². The van der Waals surface area contributed by atoms with Gasteiger partial charge in [-0.15, -0.1) is 0 Å². The zero-order valence-corrected chi connectivity index (χ0v) is 14.3. The highest BCUT2D eigenvalue weighted by Gasteiger charge is 2.21. The molecule has 1 aliphatic heterocycles. The van der Waals surface area contributed by atoms with Crippen molar-refractivity contribution in [3.8, 4) is 11.5 Å². The van der Waals surface area contributed by atoms with Gasteiger partial charge in [-0.25, -0.2) is 4.79 Å². The average molecular weight is 341 g/mol. The number of hydrogen-bond acceptors (Lipinski definition) is 5. The first kappa shape index (κ1) is 16.8. The number of anilines is 1. The molecule has 1 unspecified atom stereocenters. The fourth-order valence-electron chi connectivity index (χ4n) is 2.47. The number of esters is 1. The zero-order valence-electron chi connectivity index (χ0n) is 14.3. The Morgan fingerprint density at radius 1 is 1.12 bits per heavy atom. The van der Waals surface area contributed by atoms with E-state index < -0.39 is 18.0 Å². The van der Waals surface area contributed by atoms with Gasteiger partial charge in [0.2, 0.25) is 6.79 Å². The molecular weight excluding hydrogens is 322 g/mol. The largest absolute Gasteiger partial charge is 0.454 e. The molecule has 25 heavy (non-hydrogen) atoms. The maximum absolute atomic E-state index is 12.3. The Bertz CT molecular complexity index is 831. The van der Waals surface area contributed by atoms with Crippen LogP contribution >= 0.6 is 0 Å². The minimum Gasteiger partial charge on any atom is -0.454 e. The van der Waals surface area contributed by atoms with Crippen molar-refractivity contribution in [2.75, 3.05) is 12.1 Å². The first-order chi connectivity index (χ1) is 12.0. The van der Waals surface area contributed by atoms with E-state index in [4.69, 9.17) is 14.2 Å². The Labute approximate surface area is 145 Å². The van der Waals surface area contributed by atoms with Crippen LogP contribution in [0, 0.1) is 13.8 Å².